The van der Waals surface area contributed by atoms with E-state index in [0.29, 0.717) is 13.1 Å². The zero-order valence-electron chi connectivity index (χ0n) is 12.7. The number of benzene rings is 2. The van der Waals surface area contributed by atoms with Crippen molar-refractivity contribution < 1.29 is 9.47 Å². The van der Waals surface area contributed by atoms with E-state index in [9.17, 15) is 0 Å². The van der Waals surface area contributed by atoms with Gasteiger partial charge in [0, 0.05) is 18.2 Å². The minimum absolute atomic E-state index is 0.670. The molecular formula is C17H19N3O2. The largest absolute Gasteiger partial charge is 0.497 e. The van der Waals surface area contributed by atoms with E-state index < -0.39 is 0 Å². The van der Waals surface area contributed by atoms with E-state index >= 15 is 0 Å². The molecule has 1 aromatic heterocycles. The number of rotatable bonds is 6. The highest BCUT2D eigenvalue weighted by atomic mass is 16.5. The van der Waals surface area contributed by atoms with Gasteiger partial charge in [0.05, 0.1) is 31.8 Å². The number of hydrogen-bond donors (Lipinski definition) is 2. The van der Waals surface area contributed by atoms with Crippen molar-refractivity contribution in [2.75, 3.05) is 14.2 Å². The third kappa shape index (κ3) is 3.04. The van der Waals surface area contributed by atoms with Gasteiger partial charge in [0.2, 0.25) is 0 Å². The number of aromatic amines is 1. The predicted octanol–water partition coefficient (Wildman–Crippen LogP) is 2.87. The highest BCUT2D eigenvalue weighted by Crippen LogP contribution is 2.24. The number of aromatic nitrogens is 2. The quantitative estimate of drug-likeness (QED) is 0.734. The second kappa shape index (κ2) is 6.49. The van der Waals surface area contributed by atoms with Crippen molar-refractivity contribution >= 4 is 11.0 Å². The lowest BCUT2D eigenvalue weighted by atomic mass is 10.2. The summed E-state index contributed by atoms with van der Waals surface area (Å²) in [5.74, 6) is 2.53. The van der Waals surface area contributed by atoms with Crippen LogP contribution in [0.2, 0.25) is 0 Å². The molecular weight excluding hydrogens is 278 g/mol. The van der Waals surface area contributed by atoms with Crippen LogP contribution < -0.4 is 14.8 Å². The van der Waals surface area contributed by atoms with E-state index in [4.69, 9.17) is 9.47 Å². The number of imidazole rings is 1. The molecule has 3 rings (SSSR count). The topological polar surface area (TPSA) is 59.2 Å². The van der Waals surface area contributed by atoms with Gasteiger partial charge in [-0.05, 0) is 18.2 Å². The molecule has 2 aromatic carbocycles. The van der Waals surface area contributed by atoms with Crippen molar-refractivity contribution in [1.82, 2.24) is 15.3 Å². The molecule has 2 N–H and O–H groups in total. The third-order valence-electron chi connectivity index (χ3n) is 3.54. The normalized spacial score (nSPS) is 10.8. The van der Waals surface area contributed by atoms with Gasteiger partial charge in [-0.25, -0.2) is 4.98 Å². The highest BCUT2D eigenvalue weighted by molar-refractivity contribution is 5.74. The smallest absolute Gasteiger partial charge is 0.127 e. The molecule has 0 aliphatic rings. The Kier molecular flexibility index (Phi) is 4.25. The van der Waals surface area contributed by atoms with E-state index in [-0.39, 0.29) is 0 Å². The molecule has 0 bridgehead atoms. The summed E-state index contributed by atoms with van der Waals surface area (Å²) in [6.45, 7) is 1.37. The van der Waals surface area contributed by atoms with E-state index in [2.05, 4.69) is 15.3 Å². The van der Waals surface area contributed by atoms with Crippen LogP contribution in [0.15, 0.2) is 42.5 Å². The van der Waals surface area contributed by atoms with Crippen LogP contribution in [0, 0.1) is 0 Å². The van der Waals surface area contributed by atoms with Crippen LogP contribution in [-0.4, -0.2) is 24.2 Å². The molecule has 5 heteroatoms. The molecule has 0 saturated heterocycles. The Morgan fingerprint density at radius 2 is 1.91 bits per heavy atom. The number of fused-ring (bicyclic) bond motifs is 1. The monoisotopic (exact) mass is 297 g/mol. The minimum Gasteiger partial charge on any atom is -0.497 e. The molecule has 5 nitrogen and oxygen atoms in total. The van der Waals surface area contributed by atoms with E-state index in [0.717, 1.165) is 33.9 Å². The van der Waals surface area contributed by atoms with E-state index in [1.807, 2.05) is 42.5 Å². The summed E-state index contributed by atoms with van der Waals surface area (Å²) < 4.78 is 10.6. The summed E-state index contributed by atoms with van der Waals surface area (Å²) in [4.78, 5) is 7.85. The van der Waals surface area contributed by atoms with Crippen LogP contribution in [0.3, 0.4) is 0 Å². The Morgan fingerprint density at radius 1 is 1.05 bits per heavy atom. The Labute approximate surface area is 129 Å². The number of ether oxygens (including phenoxy) is 2. The first kappa shape index (κ1) is 14.4. The molecule has 3 aromatic rings. The second-order valence-corrected chi connectivity index (χ2v) is 4.98. The molecule has 0 saturated carbocycles. The lowest BCUT2D eigenvalue weighted by molar-refractivity contribution is 0.389. The van der Waals surface area contributed by atoms with Crippen molar-refractivity contribution in [2.45, 2.75) is 13.1 Å². The highest BCUT2D eigenvalue weighted by Gasteiger charge is 2.06. The van der Waals surface area contributed by atoms with Crippen LogP contribution in [0.1, 0.15) is 11.4 Å². The SMILES string of the molecule is COc1ccc(CNCc2nc3ccccc3[nH]2)c(OC)c1. The van der Waals surface area contributed by atoms with Crippen LogP contribution in [0.4, 0.5) is 0 Å². The van der Waals surface area contributed by atoms with Gasteiger partial charge in [-0.15, -0.1) is 0 Å². The van der Waals surface area contributed by atoms with E-state index in [1.165, 1.54) is 0 Å². The van der Waals surface area contributed by atoms with Gasteiger partial charge in [-0.3, -0.25) is 0 Å². The molecule has 114 valence electrons. The Morgan fingerprint density at radius 3 is 2.68 bits per heavy atom. The summed E-state index contributed by atoms with van der Waals surface area (Å²) in [7, 11) is 3.31. The fraction of sp³-hybridized carbons (Fsp3) is 0.235. The van der Waals surface area contributed by atoms with Crippen molar-refractivity contribution in [3.05, 3.63) is 53.9 Å². The summed E-state index contributed by atoms with van der Waals surface area (Å²) in [6.07, 6.45) is 0. The second-order valence-electron chi connectivity index (χ2n) is 4.98. The number of nitrogens with one attached hydrogen (secondary N) is 2. The minimum atomic E-state index is 0.670. The number of hydrogen-bond acceptors (Lipinski definition) is 4. The summed E-state index contributed by atoms with van der Waals surface area (Å²) in [5, 5.41) is 3.38. The lowest BCUT2D eigenvalue weighted by Crippen LogP contribution is -2.14. The predicted molar refractivity (Wildman–Crippen MR) is 86.2 cm³/mol. The molecule has 0 amide bonds. The van der Waals surface area contributed by atoms with Gasteiger partial charge in [0.15, 0.2) is 0 Å². The molecule has 22 heavy (non-hydrogen) atoms. The fourth-order valence-corrected chi connectivity index (χ4v) is 2.40. The van der Waals surface area contributed by atoms with Crippen molar-refractivity contribution in [3.8, 4) is 11.5 Å². The van der Waals surface area contributed by atoms with Gasteiger partial charge < -0.3 is 19.8 Å². The molecule has 0 radical (unpaired) electrons. The maximum Gasteiger partial charge on any atom is 0.127 e. The lowest BCUT2D eigenvalue weighted by Gasteiger charge is -2.10. The number of nitrogens with zero attached hydrogens (tertiary/aromatic N) is 1. The molecule has 0 fully saturated rings. The Hall–Kier alpha value is -2.53. The average Bonchev–Trinajstić information content (AvgIpc) is 2.97. The third-order valence-corrected chi connectivity index (χ3v) is 3.54. The maximum absolute atomic E-state index is 5.40. The fourth-order valence-electron chi connectivity index (χ4n) is 2.40. The van der Waals surface area contributed by atoms with Gasteiger partial charge >= 0.3 is 0 Å². The molecule has 0 aliphatic heterocycles. The first-order chi connectivity index (χ1) is 10.8. The average molecular weight is 297 g/mol. The Bertz CT molecular complexity index is 734. The standard InChI is InChI=1S/C17H19N3O2/c1-21-13-8-7-12(16(9-13)22-2)10-18-11-17-19-14-5-3-4-6-15(14)20-17/h3-9,18H,10-11H2,1-2H3,(H,19,20). The summed E-state index contributed by atoms with van der Waals surface area (Å²) in [5.41, 5.74) is 3.13. The van der Waals surface area contributed by atoms with Crippen LogP contribution in [0.5, 0.6) is 11.5 Å². The van der Waals surface area contributed by atoms with Gasteiger partial charge in [-0.2, -0.15) is 0 Å². The van der Waals surface area contributed by atoms with Crippen LogP contribution in [-0.2, 0) is 13.1 Å². The van der Waals surface area contributed by atoms with Crippen molar-refractivity contribution in [2.24, 2.45) is 0 Å². The summed E-state index contributed by atoms with van der Waals surface area (Å²) in [6, 6.07) is 13.8. The van der Waals surface area contributed by atoms with Gasteiger partial charge in [-0.1, -0.05) is 18.2 Å². The molecule has 0 aliphatic carbocycles. The van der Waals surface area contributed by atoms with Crippen LogP contribution in [0.25, 0.3) is 11.0 Å². The Balaban J connectivity index is 1.65. The zero-order valence-corrected chi connectivity index (χ0v) is 12.7. The molecule has 0 unspecified atom stereocenters. The number of methoxy groups -OCH3 is 2. The first-order valence-electron chi connectivity index (χ1n) is 7.15. The maximum atomic E-state index is 5.40. The number of H-pyrrole nitrogens is 1. The van der Waals surface area contributed by atoms with Crippen molar-refractivity contribution in [3.63, 3.8) is 0 Å². The van der Waals surface area contributed by atoms with Crippen molar-refractivity contribution in [1.29, 1.82) is 0 Å². The van der Waals surface area contributed by atoms with Gasteiger partial charge in [0.1, 0.15) is 17.3 Å². The number of para-hydroxylation sites is 2. The van der Waals surface area contributed by atoms with Gasteiger partial charge in [0.25, 0.3) is 0 Å². The molecule has 1 heterocycles. The molecule has 0 atom stereocenters. The first-order valence-corrected chi connectivity index (χ1v) is 7.15. The summed E-state index contributed by atoms with van der Waals surface area (Å²) >= 11 is 0. The van der Waals surface area contributed by atoms with Crippen LogP contribution >= 0.6 is 0 Å². The van der Waals surface area contributed by atoms with E-state index in [1.54, 1.807) is 14.2 Å². The molecule has 0 spiro atoms. The zero-order chi connectivity index (χ0) is 15.4.